The lowest BCUT2D eigenvalue weighted by molar-refractivity contribution is -0.146. The van der Waals surface area contributed by atoms with E-state index in [-0.39, 0.29) is 12.0 Å². The van der Waals surface area contributed by atoms with Crippen LogP contribution in [-0.2, 0) is 22.8 Å². The normalized spacial score (nSPS) is 13.2. The van der Waals surface area contributed by atoms with Crippen molar-refractivity contribution in [3.63, 3.8) is 0 Å². The number of halogens is 2. The van der Waals surface area contributed by atoms with E-state index in [4.69, 9.17) is 21.4 Å². The number of aliphatic hydroxyl groups excluding tert-OH is 2. The number of fused-ring (bicyclic) bond motifs is 1. The first kappa shape index (κ1) is 22.6. The lowest BCUT2D eigenvalue weighted by Gasteiger charge is -2.20. The quantitative estimate of drug-likeness (QED) is 0.232. The largest absolute Gasteiger partial charge is 0.394 e. The summed E-state index contributed by atoms with van der Waals surface area (Å²) in [4.78, 5) is 24.6. The fourth-order valence-corrected chi connectivity index (χ4v) is 3.50. The van der Waals surface area contributed by atoms with E-state index >= 15 is 0 Å². The molecule has 0 spiro atoms. The summed E-state index contributed by atoms with van der Waals surface area (Å²) in [5, 5.41) is 24.6. The Bertz CT molecular complexity index is 1030. The molecule has 30 heavy (non-hydrogen) atoms. The fourth-order valence-electron chi connectivity index (χ4n) is 2.73. The number of amides is 1. The molecule has 1 unspecified atom stereocenters. The number of rotatable bonds is 9. The lowest BCUT2D eigenvalue weighted by atomic mass is 10.2. The molecule has 1 amide bonds. The van der Waals surface area contributed by atoms with Crippen molar-refractivity contribution in [2.75, 3.05) is 19.0 Å². The highest BCUT2D eigenvalue weighted by Gasteiger charge is 2.27. The molecule has 4 N–H and O–H groups in total. The number of benzene rings is 1. The Morgan fingerprint density at radius 2 is 2.20 bits per heavy atom. The van der Waals surface area contributed by atoms with E-state index in [1.54, 1.807) is 0 Å². The first-order valence-corrected chi connectivity index (χ1v) is 10.4. The number of imidazole rings is 1. The number of nitrogens with zero attached hydrogens (tertiary/aromatic N) is 4. The Morgan fingerprint density at radius 3 is 2.90 bits per heavy atom. The molecule has 0 aliphatic heterocycles. The molecule has 0 radical (unpaired) electrons. The fraction of sp³-hybridized carbons (Fsp3) is 0.333. The van der Waals surface area contributed by atoms with E-state index in [0.717, 1.165) is 9.13 Å². The van der Waals surface area contributed by atoms with Gasteiger partial charge in [0, 0.05) is 17.2 Å². The van der Waals surface area contributed by atoms with Crippen molar-refractivity contribution >= 4 is 57.1 Å². The molecule has 0 fully saturated rings. The van der Waals surface area contributed by atoms with Gasteiger partial charge in [-0.15, -0.1) is 0 Å². The summed E-state index contributed by atoms with van der Waals surface area (Å²) in [5.74, 6) is -0.102. The van der Waals surface area contributed by atoms with Crippen LogP contribution in [0.15, 0.2) is 30.6 Å². The highest BCUT2D eigenvalue weighted by Crippen LogP contribution is 2.22. The molecule has 2 atom stereocenters. The van der Waals surface area contributed by atoms with Gasteiger partial charge in [-0.3, -0.25) is 9.36 Å². The summed E-state index contributed by atoms with van der Waals surface area (Å²) in [6.45, 7) is -0.247. The van der Waals surface area contributed by atoms with E-state index in [2.05, 4.69) is 48.2 Å². The van der Waals surface area contributed by atoms with E-state index in [1.807, 2.05) is 24.3 Å². The number of aliphatic hydroxyl groups is 2. The van der Waals surface area contributed by atoms with Gasteiger partial charge < -0.3 is 25.6 Å². The van der Waals surface area contributed by atoms with Gasteiger partial charge in [-0.1, -0.05) is 12.1 Å². The standard InChI is InChI=1S/C18H20ClIN6O4/c1-21-17(29)14(12(28)7-27)30-9-26-8-23-13-15(24-18(19)25-16(13)26)22-6-10-3-2-4-11(20)5-10/h2-5,8,12,14,27-28H,6-7,9H2,1H3,(H,21,29)(H,22,24,25)/t12?,14-/m0/s1. The summed E-state index contributed by atoms with van der Waals surface area (Å²) in [5.41, 5.74) is 1.95. The molecule has 160 valence electrons. The second kappa shape index (κ2) is 10.3. The molecule has 0 aliphatic carbocycles. The van der Waals surface area contributed by atoms with E-state index in [9.17, 15) is 9.90 Å². The molecular formula is C18H20ClIN6O4. The number of aromatic nitrogens is 4. The van der Waals surface area contributed by atoms with E-state index in [0.29, 0.717) is 23.5 Å². The maximum Gasteiger partial charge on any atom is 0.251 e. The van der Waals surface area contributed by atoms with E-state index in [1.165, 1.54) is 17.9 Å². The van der Waals surface area contributed by atoms with Gasteiger partial charge in [-0.2, -0.15) is 9.97 Å². The van der Waals surface area contributed by atoms with Crippen LogP contribution in [0.3, 0.4) is 0 Å². The molecule has 0 saturated heterocycles. The van der Waals surface area contributed by atoms with Crippen molar-refractivity contribution in [2.24, 2.45) is 0 Å². The summed E-state index contributed by atoms with van der Waals surface area (Å²) in [7, 11) is 1.41. The van der Waals surface area contributed by atoms with Crippen LogP contribution in [-0.4, -0.2) is 61.5 Å². The Morgan fingerprint density at radius 1 is 1.40 bits per heavy atom. The van der Waals surface area contributed by atoms with Crippen molar-refractivity contribution in [1.82, 2.24) is 24.8 Å². The predicted molar refractivity (Wildman–Crippen MR) is 119 cm³/mol. The number of ether oxygens (including phenoxy) is 1. The molecule has 12 heteroatoms. The van der Waals surface area contributed by atoms with Crippen LogP contribution in [0, 0.1) is 3.57 Å². The summed E-state index contributed by atoms with van der Waals surface area (Å²) >= 11 is 8.33. The number of hydrogen-bond donors (Lipinski definition) is 4. The summed E-state index contributed by atoms with van der Waals surface area (Å²) in [6.07, 6.45) is -1.16. The number of nitrogens with one attached hydrogen (secondary N) is 2. The number of carbonyl (C=O) groups is 1. The first-order chi connectivity index (χ1) is 14.4. The molecule has 3 aromatic rings. The molecule has 2 aromatic heterocycles. The first-order valence-electron chi connectivity index (χ1n) is 8.91. The van der Waals surface area contributed by atoms with Crippen LogP contribution in [0.4, 0.5) is 5.82 Å². The van der Waals surface area contributed by atoms with Crippen molar-refractivity contribution in [2.45, 2.75) is 25.5 Å². The Kier molecular flexibility index (Phi) is 7.77. The van der Waals surface area contributed by atoms with Gasteiger partial charge in [0.15, 0.2) is 23.1 Å². The van der Waals surface area contributed by atoms with Gasteiger partial charge in [0.05, 0.1) is 12.9 Å². The maximum atomic E-state index is 11.9. The van der Waals surface area contributed by atoms with Crippen LogP contribution < -0.4 is 10.6 Å². The molecule has 2 heterocycles. The molecule has 1 aromatic carbocycles. The van der Waals surface area contributed by atoms with Crippen molar-refractivity contribution in [3.05, 3.63) is 45.0 Å². The second-order valence-electron chi connectivity index (χ2n) is 6.29. The number of likely N-dealkylation sites (N-methyl/N-ethyl adjacent to an activating group) is 1. The van der Waals surface area contributed by atoms with Crippen molar-refractivity contribution in [1.29, 1.82) is 0 Å². The topological polar surface area (TPSA) is 134 Å². The third-order valence-electron chi connectivity index (χ3n) is 4.22. The number of carbonyl (C=O) groups excluding carboxylic acids is 1. The van der Waals surface area contributed by atoms with Crippen LogP contribution in [0.1, 0.15) is 5.56 Å². The average molecular weight is 547 g/mol. The van der Waals surface area contributed by atoms with Gasteiger partial charge in [-0.25, -0.2) is 4.98 Å². The van der Waals surface area contributed by atoms with E-state index < -0.39 is 24.7 Å². The molecule has 0 saturated carbocycles. The maximum absolute atomic E-state index is 11.9. The van der Waals surface area contributed by atoms with Gasteiger partial charge in [0.25, 0.3) is 5.91 Å². The number of anilines is 1. The van der Waals surface area contributed by atoms with Crippen LogP contribution in [0.2, 0.25) is 5.28 Å². The minimum Gasteiger partial charge on any atom is -0.394 e. The van der Waals surface area contributed by atoms with Crippen LogP contribution in [0.5, 0.6) is 0 Å². The predicted octanol–water partition coefficient (Wildman–Crippen LogP) is 1.14. The number of hydrogen-bond acceptors (Lipinski definition) is 8. The molecule has 10 nitrogen and oxygen atoms in total. The second-order valence-corrected chi connectivity index (χ2v) is 7.88. The van der Waals surface area contributed by atoms with Gasteiger partial charge >= 0.3 is 0 Å². The average Bonchev–Trinajstić information content (AvgIpc) is 3.14. The monoisotopic (exact) mass is 546 g/mol. The highest BCUT2D eigenvalue weighted by atomic mass is 127. The summed E-state index contributed by atoms with van der Waals surface area (Å²) in [6, 6.07) is 8.01. The van der Waals surface area contributed by atoms with Gasteiger partial charge in [0.1, 0.15) is 12.8 Å². The zero-order valence-electron chi connectivity index (χ0n) is 15.9. The smallest absolute Gasteiger partial charge is 0.251 e. The molecule has 0 bridgehead atoms. The van der Waals surface area contributed by atoms with Crippen LogP contribution >= 0.6 is 34.2 Å². The van der Waals surface area contributed by atoms with Crippen molar-refractivity contribution < 1.29 is 19.7 Å². The third-order valence-corrected chi connectivity index (χ3v) is 5.06. The minimum atomic E-state index is -1.37. The molecule has 0 aliphatic rings. The third kappa shape index (κ3) is 5.35. The Hall–Kier alpha value is -2.06. The molecule has 3 rings (SSSR count). The Labute approximate surface area is 190 Å². The van der Waals surface area contributed by atoms with Gasteiger partial charge in [-0.05, 0) is 51.9 Å². The van der Waals surface area contributed by atoms with Crippen LogP contribution in [0.25, 0.3) is 11.2 Å². The zero-order chi connectivity index (χ0) is 21.7. The minimum absolute atomic E-state index is 0.0210. The Balaban J connectivity index is 1.80. The SMILES string of the molecule is CNC(=O)[C@@H](OCn1cnc2c(NCc3cccc(I)c3)nc(Cl)nc21)C(O)CO. The highest BCUT2D eigenvalue weighted by molar-refractivity contribution is 14.1. The van der Waals surface area contributed by atoms with Gasteiger partial charge in [0.2, 0.25) is 5.28 Å². The lowest BCUT2D eigenvalue weighted by Crippen LogP contribution is -2.44. The van der Waals surface area contributed by atoms with Crippen molar-refractivity contribution in [3.8, 4) is 0 Å². The zero-order valence-corrected chi connectivity index (χ0v) is 18.8. The summed E-state index contributed by atoms with van der Waals surface area (Å²) < 4.78 is 8.15. The molecular weight excluding hydrogens is 527 g/mol.